The summed E-state index contributed by atoms with van der Waals surface area (Å²) in [7, 11) is 0. The van der Waals surface area contributed by atoms with Gasteiger partial charge >= 0.3 is 0 Å². The predicted molar refractivity (Wildman–Crippen MR) is 124 cm³/mol. The van der Waals surface area contributed by atoms with Gasteiger partial charge in [0.2, 0.25) is 0 Å². The number of rotatable bonds is 4. The van der Waals surface area contributed by atoms with Gasteiger partial charge in [-0.25, -0.2) is 4.98 Å². The second kappa shape index (κ2) is 9.01. The van der Waals surface area contributed by atoms with Crippen molar-refractivity contribution in [2.75, 3.05) is 0 Å². The molecule has 4 nitrogen and oxygen atoms in total. The SMILES string of the molecule is Br.c1ccc(-c2ccc(-c3csc(Cc4nnc5n4CCCCC5)n3)cc2)cc1. The molecule has 6 heteroatoms. The van der Waals surface area contributed by atoms with Crippen LogP contribution in [0.3, 0.4) is 0 Å². The van der Waals surface area contributed by atoms with Gasteiger partial charge in [0, 0.05) is 23.9 Å². The average molecular weight is 467 g/mol. The van der Waals surface area contributed by atoms with Crippen LogP contribution in [0.5, 0.6) is 0 Å². The molecule has 1 aliphatic heterocycles. The van der Waals surface area contributed by atoms with Crippen LogP contribution in [0.15, 0.2) is 60.0 Å². The van der Waals surface area contributed by atoms with Gasteiger partial charge in [-0.15, -0.1) is 38.5 Å². The van der Waals surface area contributed by atoms with Crippen LogP contribution in [0.4, 0.5) is 0 Å². The number of thiazole rings is 1. The average Bonchev–Trinajstić information content (AvgIpc) is 3.29. The Labute approximate surface area is 185 Å². The fourth-order valence-electron chi connectivity index (χ4n) is 3.80. The van der Waals surface area contributed by atoms with Crippen LogP contribution in [0, 0.1) is 0 Å². The second-order valence-electron chi connectivity index (χ2n) is 7.24. The van der Waals surface area contributed by atoms with E-state index in [1.54, 1.807) is 11.3 Å². The number of aromatic nitrogens is 4. The van der Waals surface area contributed by atoms with Crippen LogP contribution in [-0.2, 0) is 19.4 Å². The van der Waals surface area contributed by atoms with E-state index in [1.165, 1.54) is 30.4 Å². The minimum Gasteiger partial charge on any atom is -0.315 e. The standard InChI is InChI=1S/C23H22N4S.BrH/c1-3-7-17(8-4-1)18-10-12-19(13-11-18)20-16-28-23(24-20)15-22-26-25-21-9-5-2-6-14-27(21)22;/h1,3-4,7-8,10-13,16H,2,5-6,9,14-15H2;1H. The van der Waals surface area contributed by atoms with Crippen LogP contribution < -0.4 is 0 Å². The fourth-order valence-corrected chi connectivity index (χ4v) is 4.60. The van der Waals surface area contributed by atoms with Crippen molar-refractivity contribution in [3.8, 4) is 22.4 Å². The Morgan fingerprint density at radius 2 is 1.59 bits per heavy atom. The van der Waals surface area contributed by atoms with Crippen molar-refractivity contribution < 1.29 is 0 Å². The van der Waals surface area contributed by atoms with Gasteiger partial charge in [-0.1, -0.05) is 61.0 Å². The Bertz CT molecular complexity index is 1070. The van der Waals surface area contributed by atoms with E-state index in [4.69, 9.17) is 4.98 Å². The molecule has 4 aromatic rings. The zero-order chi connectivity index (χ0) is 18.8. The first-order valence-electron chi connectivity index (χ1n) is 9.88. The molecule has 0 saturated carbocycles. The van der Waals surface area contributed by atoms with Crippen molar-refractivity contribution in [1.82, 2.24) is 19.7 Å². The minimum atomic E-state index is 0. The number of benzene rings is 2. The summed E-state index contributed by atoms with van der Waals surface area (Å²) in [6.45, 7) is 1.04. The van der Waals surface area contributed by atoms with Gasteiger partial charge in [0.05, 0.1) is 12.1 Å². The predicted octanol–water partition coefficient (Wildman–Crippen LogP) is 5.96. The highest BCUT2D eigenvalue weighted by Gasteiger charge is 2.16. The Morgan fingerprint density at radius 1 is 0.828 bits per heavy atom. The highest BCUT2D eigenvalue weighted by molar-refractivity contribution is 8.93. The third kappa shape index (κ3) is 4.33. The molecule has 0 spiro atoms. The number of aryl methyl sites for hydroxylation is 1. The number of fused-ring (bicyclic) bond motifs is 1. The lowest BCUT2D eigenvalue weighted by atomic mass is 10.0. The van der Waals surface area contributed by atoms with Crippen LogP contribution in [0.2, 0.25) is 0 Å². The smallest absolute Gasteiger partial charge is 0.139 e. The van der Waals surface area contributed by atoms with Crippen LogP contribution in [0.25, 0.3) is 22.4 Å². The Morgan fingerprint density at radius 3 is 2.41 bits per heavy atom. The van der Waals surface area contributed by atoms with E-state index >= 15 is 0 Å². The van der Waals surface area contributed by atoms with Crippen molar-refractivity contribution in [3.05, 3.63) is 76.6 Å². The van der Waals surface area contributed by atoms with Gasteiger partial charge in [-0.3, -0.25) is 0 Å². The molecule has 0 radical (unpaired) electrons. The largest absolute Gasteiger partial charge is 0.315 e. The van der Waals surface area contributed by atoms with E-state index in [9.17, 15) is 0 Å². The molecular weight excluding hydrogens is 444 g/mol. The van der Waals surface area contributed by atoms with Crippen molar-refractivity contribution >= 4 is 28.3 Å². The molecule has 0 aliphatic carbocycles. The maximum absolute atomic E-state index is 4.87. The molecule has 0 atom stereocenters. The van der Waals surface area contributed by atoms with E-state index < -0.39 is 0 Å². The summed E-state index contributed by atoms with van der Waals surface area (Å²) in [5.41, 5.74) is 4.66. The molecule has 5 rings (SSSR count). The summed E-state index contributed by atoms with van der Waals surface area (Å²) >= 11 is 1.71. The molecule has 0 bridgehead atoms. The van der Waals surface area contributed by atoms with Gasteiger partial charge < -0.3 is 4.57 Å². The van der Waals surface area contributed by atoms with Gasteiger partial charge in [-0.05, 0) is 24.0 Å². The van der Waals surface area contributed by atoms with Crippen LogP contribution in [0.1, 0.15) is 35.9 Å². The second-order valence-corrected chi connectivity index (χ2v) is 8.18. The first-order valence-corrected chi connectivity index (χ1v) is 10.8. The van der Waals surface area contributed by atoms with E-state index in [-0.39, 0.29) is 17.0 Å². The summed E-state index contributed by atoms with van der Waals surface area (Å²) < 4.78 is 2.31. The molecule has 3 heterocycles. The number of hydrogen-bond acceptors (Lipinski definition) is 4. The summed E-state index contributed by atoms with van der Waals surface area (Å²) in [5.74, 6) is 2.19. The third-order valence-corrected chi connectivity index (χ3v) is 6.18. The lowest BCUT2D eigenvalue weighted by Gasteiger charge is -2.05. The van der Waals surface area contributed by atoms with E-state index in [0.717, 1.165) is 47.3 Å². The van der Waals surface area contributed by atoms with Gasteiger partial charge in [0.25, 0.3) is 0 Å². The molecule has 29 heavy (non-hydrogen) atoms. The molecule has 0 saturated heterocycles. The first kappa shape index (κ1) is 20.0. The Kier molecular flexibility index (Phi) is 6.21. The van der Waals surface area contributed by atoms with E-state index in [0.29, 0.717) is 0 Å². The normalized spacial score (nSPS) is 13.4. The molecule has 148 valence electrons. The third-order valence-electron chi connectivity index (χ3n) is 5.33. The van der Waals surface area contributed by atoms with Gasteiger partial charge in [0.1, 0.15) is 16.7 Å². The number of halogens is 1. The summed E-state index contributed by atoms with van der Waals surface area (Å²) in [4.78, 5) is 4.87. The molecule has 0 fully saturated rings. The highest BCUT2D eigenvalue weighted by Crippen LogP contribution is 2.27. The van der Waals surface area contributed by atoms with Gasteiger partial charge in [0.15, 0.2) is 0 Å². The topological polar surface area (TPSA) is 43.6 Å². The summed E-state index contributed by atoms with van der Waals surface area (Å²) in [6.07, 6.45) is 5.53. The van der Waals surface area contributed by atoms with Crippen molar-refractivity contribution in [2.45, 2.75) is 38.6 Å². The van der Waals surface area contributed by atoms with E-state index in [2.05, 4.69) is 68.7 Å². The van der Waals surface area contributed by atoms with Crippen molar-refractivity contribution in [3.63, 3.8) is 0 Å². The lowest BCUT2D eigenvalue weighted by Crippen LogP contribution is -2.06. The molecule has 1 aliphatic rings. The van der Waals surface area contributed by atoms with Crippen LogP contribution in [-0.4, -0.2) is 19.7 Å². The Hall–Kier alpha value is -2.31. The Balaban J connectivity index is 0.00000205. The molecule has 2 aromatic carbocycles. The minimum absolute atomic E-state index is 0. The fraction of sp³-hybridized carbons (Fsp3) is 0.261. The molecule has 2 aromatic heterocycles. The van der Waals surface area contributed by atoms with Crippen molar-refractivity contribution in [1.29, 1.82) is 0 Å². The molecule has 0 unspecified atom stereocenters. The van der Waals surface area contributed by atoms with E-state index in [1.807, 2.05) is 6.07 Å². The zero-order valence-electron chi connectivity index (χ0n) is 16.1. The quantitative estimate of drug-likeness (QED) is 0.372. The lowest BCUT2D eigenvalue weighted by molar-refractivity contribution is 0.611. The number of hydrogen-bond donors (Lipinski definition) is 0. The van der Waals surface area contributed by atoms with Crippen molar-refractivity contribution in [2.24, 2.45) is 0 Å². The first-order chi connectivity index (χ1) is 13.9. The summed E-state index contributed by atoms with van der Waals surface area (Å²) in [5, 5.41) is 12.1. The zero-order valence-corrected chi connectivity index (χ0v) is 18.7. The monoisotopic (exact) mass is 466 g/mol. The molecule has 0 amide bonds. The maximum Gasteiger partial charge on any atom is 0.139 e. The molecule has 0 N–H and O–H groups in total. The van der Waals surface area contributed by atoms with Crippen LogP contribution >= 0.6 is 28.3 Å². The maximum atomic E-state index is 4.87. The summed E-state index contributed by atoms with van der Waals surface area (Å²) in [6, 6.07) is 19.1. The van der Waals surface area contributed by atoms with Gasteiger partial charge in [-0.2, -0.15) is 0 Å². The molecular formula is C23H23BrN4S. The highest BCUT2D eigenvalue weighted by atomic mass is 79.9. The number of nitrogens with zero attached hydrogens (tertiary/aromatic N) is 4.